The van der Waals surface area contributed by atoms with Crippen molar-refractivity contribution in [2.24, 2.45) is 11.3 Å². The lowest BCUT2D eigenvalue weighted by molar-refractivity contribution is 0.103. The van der Waals surface area contributed by atoms with Gasteiger partial charge in [0.2, 0.25) is 0 Å². The second-order valence-electron chi connectivity index (χ2n) is 6.48. The van der Waals surface area contributed by atoms with Gasteiger partial charge in [-0.05, 0) is 38.6 Å². The van der Waals surface area contributed by atoms with Crippen molar-refractivity contribution in [3.63, 3.8) is 0 Å². The van der Waals surface area contributed by atoms with Crippen LogP contribution in [0.3, 0.4) is 0 Å². The number of hydrogen-bond donors (Lipinski definition) is 0. The summed E-state index contributed by atoms with van der Waals surface area (Å²) in [5, 5.41) is 0. The molecule has 0 aliphatic carbocycles. The van der Waals surface area contributed by atoms with E-state index in [-0.39, 0.29) is 0 Å². The molecule has 0 radical (unpaired) electrons. The van der Waals surface area contributed by atoms with Gasteiger partial charge in [-0.15, -0.1) is 0 Å². The van der Waals surface area contributed by atoms with Crippen LogP contribution in [0.2, 0.25) is 0 Å². The summed E-state index contributed by atoms with van der Waals surface area (Å²) in [7, 11) is 2.27. The van der Waals surface area contributed by atoms with E-state index in [0.29, 0.717) is 11.5 Å². The zero-order valence-electron chi connectivity index (χ0n) is 12.1. The maximum absolute atomic E-state index is 2.54. The molecule has 1 nitrogen and oxygen atoms in total. The first-order valence-corrected chi connectivity index (χ1v) is 6.41. The fourth-order valence-corrected chi connectivity index (χ4v) is 2.03. The van der Waals surface area contributed by atoms with Crippen molar-refractivity contribution in [1.82, 2.24) is 4.90 Å². The summed E-state index contributed by atoms with van der Waals surface area (Å²) in [5.74, 6) is 0.789. The Morgan fingerprint density at radius 1 is 1.07 bits per heavy atom. The molecule has 15 heavy (non-hydrogen) atoms. The normalized spacial score (nSPS) is 17.2. The molecule has 0 aromatic rings. The van der Waals surface area contributed by atoms with E-state index in [1.807, 2.05) is 0 Å². The molecule has 0 aliphatic heterocycles. The highest BCUT2D eigenvalue weighted by molar-refractivity contribution is 4.81. The number of nitrogens with zero attached hydrogens (tertiary/aromatic N) is 1. The van der Waals surface area contributed by atoms with Crippen LogP contribution in [0, 0.1) is 11.3 Å². The first-order chi connectivity index (χ1) is 6.69. The summed E-state index contributed by atoms with van der Waals surface area (Å²) in [6.07, 6.45) is 2.56. The molecule has 0 bridgehead atoms. The first-order valence-electron chi connectivity index (χ1n) is 6.41. The maximum atomic E-state index is 2.54. The fourth-order valence-electron chi connectivity index (χ4n) is 2.03. The van der Waals surface area contributed by atoms with E-state index in [1.54, 1.807) is 0 Å². The van der Waals surface area contributed by atoms with E-state index in [0.717, 1.165) is 12.0 Å². The van der Waals surface area contributed by atoms with E-state index in [2.05, 4.69) is 60.4 Å². The SMILES string of the molecule is CCC(C)C(CC(C)(C)C)N(C)C(C)C. The molecule has 92 valence electrons. The molecule has 0 amide bonds. The molecule has 0 saturated heterocycles. The summed E-state index contributed by atoms with van der Waals surface area (Å²) in [6.45, 7) is 16.3. The van der Waals surface area contributed by atoms with Crippen LogP contribution in [0.1, 0.15) is 61.3 Å². The molecule has 0 rings (SSSR count). The Labute approximate surface area is 97.2 Å². The molecular weight excluding hydrogens is 182 g/mol. The van der Waals surface area contributed by atoms with Crippen molar-refractivity contribution < 1.29 is 0 Å². The summed E-state index contributed by atoms with van der Waals surface area (Å²) in [6, 6.07) is 1.36. The van der Waals surface area contributed by atoms with Crippen molar-refractivity contribution >= 4 is 0 Å². The molecule has 0 heterocycles. The Morgan fingerprint density at radius 3 is 1.80 bits per heavy atom. The van der Waals surface area contributed by atoms with Crippen LogP contribution in [0.5, 0.6) is 0 Å². The number of hydrogen-bond acceptors (Lipinski definition) is 1. The standard InChI is InChI=1S/C14H31N/c1-9-12(4)13(10-14(5,6)7)15(8)11(2)3/h11-13H,9-10H2,1-8H3. The molecule has 0 fully saturated rings. The highest BCUT2D eigenvalue weighted by atomic mass is 15.2. The van der Waals surface area contributed by atoms with Crippen LogP contribution in [-0.4, -0.2) is 24.0 Å². The van der Waals surface area contributed by atoms with Gasteiger partial charge in [0, 0.05) is 12.1 Å². The van der Waals surface area contributed by atoms with Crippen molar-refractivity contribution in [3.8, 4) is 0 Å². The van der Waals surface area contributed by atoms with E-state index in [9.17, 15) is 0 Å². The number of rotatable bonds is 5. The molecule has 0 aromatic heterocycles. The van der Waals surface area contributed by atoms with E-state index >= 15 is 0 Å². The van der Waals surface area contributed by atoms with Crippen molar-refractivity contribution in [3.05, 3.63) is 0 Å². The van der Waals surface area contributed by atoms with Crippen LogP contribution in [0.15, 0.2) is 0 Å². The maximum Gasteiger partial charge on any atom is 0.0125 e. The lowest BCUT2D eigenvalue weighted by atomic mass is 9.81. The summed E-state index contributed by atoms with van der Waals surface area (Å²) >= 11 is 0. The van der Waals surface area contributed by atoms with Crippen molar-refractivity contribution in [2.45, 2.75) is 73.4 Å². The van der Waals surface area contributed by atoms with Gasteiger partial charge in [-0.3, -0.25) is 0 Å². The predicted molar refractivity (Wildman–Crippen MR) is 70.2 cm³/mol. The smallest absolute Gasteiger partial charge is 0.0125 e. The van der Waals surface area contributed by atoms with E-state index in [4.69, 9.17) is 0 Å². The van der Waals surface area contributed by atoms with Crippen molar-refractivity contribution in [1.29, 1.82) is 0 Å². The Hall–Kier alpha value is -0.0400. The minimum atomic E-state index is 0.428. The summed E-state index contributed by atoms with van der Waals surface area (Å²) in [5.41, 5.74) is 0.428. The van der Waals surface area contributed by atoms with Crippen LogP contribution in [0.25, 0.3) is 0 Å². The highest BCUT2D eigenvalue weighted by Crippen LogP contribution is 2.29. The lowest BCUT2D eigenvalue weighted by Gasteiger charge is -2.39. The Balaban J connectivity index is 4.58. The Bertz CT molecular complexity index is 167. The van der Waals surface area contributed by atoms with E-state index in [1.165, 1.54) is 12.8 Å². The molecule has 0 saturated carbocycles. The fraction of sp³-hybridized carbons (Fsp3) is 1.00. The van der Waals surface area contributed by atoms with Gasteiger partial charge < -0.3 is 4.90 Å². The Kier molecular flexibility index (Phi) is 5.87. The van der Waals surface area contributed by atoms with Crippen LogP contribution in [-0.2, 0) is 0 Å². The average molecular weight is 213 g/mol. The highest BCUT2D eigenvalue weighted by Gasteiger charge is 2.27. The minimum Gasteiger partial charge on any atom is -0.301 e. The third-order valence-electron chi connectivity index (χ3n) is 3.46. The predicted octanol–water partition coefficient (Wildman–Crippen LogP) is 4.18. The van der Waals surface area contributed by atoms with Crippen LogP contribution in [0.4, 0.5) is 0 Å². The topological polar surface area (TPSA) is 3.24 Å². The molecule has 0 N–H and O–H groups in total. The molecule has 0 aromatic carbocycles. The Morgan fingerprint density at radius 2 is 1.53 bits per heavy atom. The van der Waals surface area contributed by atoms with Gasteiger partial charge in [0.05, 0.1) is 0 Å². The largest absolute Gasteiger partial charge is 0.301 e. The quantitative estimate of drug-likeness (QED) is 0.662. The summed E-state index contributed by atoms with van der Waals surface area (Å²) < 4.78 is 0. The van der Waals surface area contributed by atoms with Crippen LogP contribution >= 0.6 is 0 Å². The average Bonchev–Trinajstić information content (AvgIpc) is 2.10. The monoisotopic (exact) mass is 213 g/mol. The second-order valence-corrected chi connectivity index (χ2v) is 6.48. The zero-order chi connectivity index (χ0) is 12.2. The van der Waals surface area contributed by atoms with Gasteiger partial charge in [-0.25, -0.2) is 0 Å². The van der Waals surface area contributed by atoms with Gasteiger partial charge in [0.1, 0.15) is 0 Å². The lowest BCUT2D eigenvalue weighted by Crippen LogP contribution is -2.43. The summed E-state index contributed by atoms with van der Waals surface area (Å²) in [4.78, 5) is 2.54. The first kappa shape index (κ1) is 15.0. The van der Waals surface area contributed by atoms with Gasteiger partial charge in [0.25, 0.3) is 0 Å². The molecule has 2 atom stereocenters. The van der Waals surface area contributed by atoms with Gasteiger partial charge in [-0.2, -0.15) is 0 Å². The molecular formula is C14H31N. The third-order valence-corrected chi connectivity index (χ3v) is 3.46. The molecule has 0 spiro atoms. The van der Waals surface area contributed by atoms with Crippen LogP contribution < -0.4 is 0 Å². The molecule has 1 heteroatoms. The van der Waals surface area contributed by atoms with Gasteiger partial charge in [-0.1, -0.05) is 41.0 Å². The van der Waals surface area contributed by atoms with Crippen molar-refractivity contribution in [2.75, 3.05) is 7.05 Å². The molecule has 2 unspecified atom stereocenters. The minimum absolute atomic E-state index is 0.428. The zero-order valence-corrected chi connectivity index (χ0v) is 12.1. The third kappa shape index (κ3) is 5.55. The molecule has 0 aliphatic rings. The second kappa shape index (κ2) is 5.89. The van der Waals surface area contributed by atoms with E-state index < -0.39 is 0 Å². The van der Waals surface area contributed by atoms with Gasteiger partial charge >= 0.3 is 0 Å². The van der Waals surface area contributed by atoms with Gasteiger partial charge in [0.15, 0.2) is 0 Å².